The van der Waals surface area contributed by atoms with Crippen LogP contribution in [0.15, 0.2) is 36.4 Å². The Morgan fingerprint density at radius 2 is 1.83 bits per heavy atom. The van der Waals surface area contributed by atoms with Gasteiger partial charge in [-0.2, -0.15) is 4.39 Å². The van der Waals surface area contributed by atoms with Gasteiger partial charge in [0.15, 0.2) is 6.17 Å². The van der Waals surface area contributed by atoms with Crippen LogP contribution in [0.3, 0.4) is 0 Å². The average Bonchev–Trinajstić information content (AvgIpc) is 2.65. The molecule has 0 bridgehead atoms. The molecule has 0 saturated heterocycles. The van der Waals surface area contributed by atoms with Crippen LogP contribution in [-0.2, 0) is 0 Å². The number of nitrogens with zero attached hydrogens (tertiary/aromatic N) is 1. The van der Waals surface area contributed by atoms with Crippen molar-refractivity contribution in [2.75, 3.05) is 0 Å². The van der Waals surface area contributed by atoms with Crippen molar-refractivity contribution in [1.29, 1.82) is 0 Å². The van der Waals surface area contributed by atoms with Crippen molar-refractivity contribution in [3.8, 4) is 11.1 Å². The monoisotopic (exact) mass is 247 g/mol. The van der Waals surface area contributed by atoms with Gasteiger partial charge in [0.05, 0.1) is 4.92 Å². The molecule has 0 fully saturated rings. The SMILES string of the molecule is O=[N+]([O-])c1ccc2c(c1F)C(F)c1ccccc1-2. The third-order valence-electron chi connectivity index (χ3n) is 3.13. The van der Waals surface area contributed by atoms with E-state index < -0.39 is 22.6 Å². The van der Waals surface area contributed by atoms with Crippen molar-refractivity contribution >= 4 is 5.69 Å². The molecule has 0 aliphatic heterocycles. The number of hydrogen-bond donors (Lipinski definition) is 0. The molecule has 1 atom stereocenters. The number of hydrogen-bond acceptors (Lipinski definition) is 2. The molecule has 3 nitrogen and oxygen atoms in total. The number of alkyl halides is 1. The van der Waals surface area contributed by atoms with E-state index in [1.165, 1.54) is 6.07 Å². The number of fused-ring (bicyclic) bond motifs is 3. The first-order chi connectivity index (χ1) is 8.61. The molecule has 1 aliphatic rings. The minimum Gasteiger partial charge on any atom is -0.258 e. The maximum Gasteiger partial charge on any atom is 0.305 e. The second-order valence-electron chi connectivity index (χ2n) is 4.07. The molecule has 0 N–H and O–H groups in total. The van der Waals surface area contributed by atoms with Crippen LogP contribution in [0.2, 0.25) is 0 Å². The van der Waals surface area contributed by atoms with E-state index in [2.05, 4.69) is 0 Å². The summed E-state index contributed by atoms with van der Waals surface area (Å²) in [7, 11) is 0. The fraction of sp³-hybridized carbons (Fsp3) is 0.0769. The van der Waals surface area contributed by atoms with Crippen molar-refractivity contribution in [3.05, 3.63) is 63.5 Å². The largest absolute Gasteiger partial charge is 0.305 e. The highest BCUT2D eigenvalue weighted by Gasteiger charge is 2.34. The summed E-state index contributed by atoms with van der Waals surface area (Å²) >= 11 is 0. The Kier molecular flexibility index (Phi) is 2.16. The van der Waals surface area contributed by atoms with Gasteiger partial charge in [0.25, 0.3) is 0 Å². The zero-order valence-electron chi connectivity index (χ0n) is 9.06. The van der Waals surface area contributed by atoms with E-state index in [1.54, 1.807) is 24.3 Å². The summed E-state index contributed by atoms with van der Waals surface area (Å²) in [5.41, 5.74) is 0.413. The van der Waals surface area contributed by atoms with E-state index in [0.717, 1.165) is 6.07 Å². The van der Waals surface area contributed by atoms with Crippen molar-refractivity contribution < 1.29 is 13.7 Å². The summed E-state index contributed by atoms with van der Waals surface area (Å²) in [5.74, 6) is -1.08. The summed E-state index contributed by atoms with van der Waals surface area (Å²) in [6.07, 6.45) is -1.64. The van der Waals surface area contributed by atoms with Gasteiger partial charge < -0.3 is 0 Å². The Morgan fingerprint density at radius 3 is 2.56 bits per heavy atom. The van der Waals surface area contributed by atoms with Crippen LogP contribution in [0.1, 0.15) is 17.3 Å². The van der Waals surface area contributed by atoms with Crippen LogP contribution < -0.4 is 0 Å². The molecule has 18 heavy (non-hydrogen) atoms. The Hall–Kier alpha value is -2.30. The lowest BCUT2D eigenvalue weighted by Gasteiger charge is -2.04. The zero-order chi connectivity index (χ0) is 12.9. The predicted octanol–water partition coefficient (Wildman–Crippen LogP) is 3.77. The smallest absolute Gasteiger partial charge is 0.258 e. The van der Waals surface area contributed by atoms with E-state index >= 15 is 0 Å². The van der Waals surface area contributed by atoms with Gasteiger partial charge in [-0.25, -0.2) is 4.39 Å². The van der Waals surface area contributed by atoms with Crippen LogP contribution in [-0.4, -0.2) is 4.92 Å². The maximum absolute atomic E-state index is 14.2. The summed E-state index contributed by atoms with van der Waals surface area (Å²) in [5, 5.41) is 10.6. The van der Waals surface area contributed by atoms with Crippen molar-refractivity contribution in [2.24, 2.45) is 0 Å². The van der Waals surface area contributed by atoms with Crippen LogP contribution in [0, 0.1) is 15.9 Å². The highest BCUT2D eigenvalue weighted by molar-refractivity contribution is 5.79. The second kappa shape index (κ2) is 3.60. The lowest BCUT2D eigenvalue weighted by atomic mass is 10.1. The van der Waals surface area contributed by atoms with Crippen LogP contribution in [0.25, 0.3) is 11.1 Å². The molecule has 0 heterocycles. The normalized spacial score (nSPS) is 16.2. The zero-order valence-corrected chi connectivity index (χ0v) is 9.06. The molecule has 0 aromatic heterocycles. The number of rotatable bonds is 1. The topological polar surface area (TPSA) is 43.1 Å². The summed E-state index contributed by atoms with van der Waals surface area (Å²) in [6, 6.07) is 9.09. The molecule has 0 radical (unpaired) electrons. The Labute approximate surface area is 101 Å². The molecule has 0 spiro atoms. The minimum absolute atomic E-state index is 0.231. The van der Waals surface area contributed by atoms with E-state index in [-0.39, 0.29) is 5.56 Å². The number of nitro benzene ring substituents is 1. The summed E-state index contributed by atoms with van der Waals surface area (Å²) in [4.78, 5) is 9.80. The number of benzene rings is 2. The summed E-state index contributed by atoms with van der Waals surface area (Å²) in [6.45, 7) is 0. The molecule has 1 aliphatic carbocycles. The molecule has 0 amide bonds. The summed E-state index contributed by atoms with van der Waals surface area (Å²) < 4.78 is 28.1. The molecular weight excluding hydrogens is 240 g/mol. The molecule has 0 saturated carbocycles. The second-order valence-corrected chi connectivity index (χ2v) is 4.07. The predicted molar refractivity (Wildman–Crippen MR) is 61.4 cm³/mol. The van der Waals surface area contributed by atoms with E-state index in [1.807, 2.05) is 0 Å². The van der Waals surface area contributed by atoms with Gasteiger partial charge in [-0.15, -0.1) is 0 Å². The lowest BCUT2D eigenvalue weighted by Crippen LogP contribution is -1.98. The van der Waals surface area contributed by atoms with Gasteiger partial charge in [-0.05, 0) is 22.8 Å². The fourth-order valence-electron chi connectivity index (χ4n) is 2.32. The van der Waals surface area contributed by atoms with Crippen LogP contribution in [0.5, 0.6) is 0 Å². The Bertz CT molecular complexity index is 670. The molecular formula is C13H7F2NO2. The Morgan fingerprint density at radius 1 is 1.11 bits per heavy atom. The maximum atomic E-state index is 14.2. The van der Waals surface area contributed by atoms with Gasteiger partial charge in [-0.1, -0.05) is 24.3 Å². The van der Waals surface area contributed by atoms with Gasteiger partial charge >= 0.3 is 5.69 Å². The van der Waals surface area contributed by atoms with Crippen LogP contribution in [0.4, 0.5) is 14.5 Å². The van der Waals surface area contributed by atoms with E-state index in [0.29, 0.717) is 16.7 Å². The first-order valence-corrected chi connectivity index (χ1v) is 5.31. The van der Waals surface area contributed by atoms with Crippen LogP contribution >= 0.6 is 0 Å². The molecule has 2 aromatic rings. The molecule has 90 valence electrons. The molecule has 1 unspecified atom stereocenters. The van der Waals surface area contributed by atoms with E-state index in [9.17, 15) is 18.9 Å². The quantitative estimate of drug-likeness (QED) is 0.568. The average molecular weight is 247 g/mol. The van der Waals surface area contributed by atoms with Gasteiger partial charge in [0.1, 0.15) is 0 Å². The van der Waals surface area contributed by atoms with Crippen molar-refractivity contribution in [1.82, 2.24) is 0 Å². The third kappa shape index (κ3) is 1.27. The molecule has 2 aromatic carbocycles. The van der Waals surface area contributed by atoms with Gasteiger partial charge in [0.2, 0.25) is 5.82 Å². The minimum atomic E-state index is -1.64. The van der Waals surface area contributed by atoms with Crippen molar-refractivity contribution in [2.45, 2.75) is 6.17 Å². The first-order valence-electron chi connectivity index (χ1n) is 5.31. The first kappa shape index (κ1) is 10.8. The molecule has 5 heteroatoms. The highest BCUT2D eigenvalue weighted by atomic mass is 19.1. The Balaban J connectivity index is 2.31. The van der Waals surface area contributed by atoms with Gasteiger partial charge in [-0.3, -0.25) is 10.1 Å². The highest BCUT2D eigenvalue weighted by Crippen LogP contribution is 2.48. The lowest BCUT2D eigenvalue weighted by molar-refractivity contribution is -0.387. The number of nitro groups is 1. The standard InChI is InChI=1S/C13H7F2NO2/c14-12-9-4-2-1-3-7(9)8-5-6-10(16(17)18)13(15)11(8)12/h1-6,12H. The van der Waals surface area contributed by atoms with E-state index in [4.69, 9.17) is 0 Å². The number of halogens is 2. The fourth-order valence-corrected chi connectivity index (χ4v) is 2.32. The van der Waals surface area contributed by atoms with Crippen molar-refractivity contribution in [3.63, 3.8) is 0 Å². The van der Waals surface area contributed by atoms with Gasteiger partial charge in [0, 0.05) is 11.6 Å². The molecule has 3 rings (SSSR count). The third-order valence-corrected chi connectivity index (χ3v) is 3.13.